The van der Waals surface area contributed by atoms with Crippen LogP contribution in [0.1, 0.15) is 37.8 Å². The van der Waals surface area contributed by atoms with Crippen LogP contribution in [0.25, 0.3) is 16.7 Å². The molecule has 168 valence electrons. The Morgan fingerprint density at radius 3 is 2.70 bits per heavy atom. The standard InChI is InChI=1S/C25H25N5O2S/c1-2-3-7-17-10-12-18(13-11-17)27-22(31)14-20-16-33-25-28-23-21(24(32)29(20)25)15-26-30(23)19-8-5-4-6-9-19/h4-6,8-13,15,20H,2-3,7,14,16H2,1H3,(H,27,31). The fraction of sp³-hybridized carbons (Fsp3) is 0.280. The molecule has 3 heterocycles. The third-order valence-corrected chi connectivity index (χ3v) is 6.95. The van der Waals surface area contributed by atoms with Crippen molar-refractivity contribution in [3.05, 3.63) is 76.7 Å². The predicted molar refractivity (Wildman–Crippen MR) is 131 cm³/mol. The van der Waals surface area contributed by atoms with Crippen molar-refractivity contribution in [1.82, 2.24) is 19.3 Å². The molecule has 2 aromatic heterocycles. The van der Waals surface area contributed by atoms with E-state index in [0.717, 1.165) is 30.6 Å². The number of unbranched alkanes of at least 4 members (excludes halogenated alkanes) is 1. The Hall–Kier alpha value is -3.39. The molecule has 0 fully saturated rings. The van der Waals surface area contributed by atoms with E-state index in [9.17, 15) is 9.59 Å². The Labute approximate surface area is 195 Å². The van der Waals surface area contributed by atoms with E-state index in [4.69, 9.17) is 4.98 Å². The Bertz CT molecular complexity index is 1350. The minimum atomic E-state index is -0.238. The highest BCUT2D eigenvalue weighted by Gasteiger charge is 2.29. The summed E-state index contributed by atoms with van der Waals surface area (Å²) in [5.41, 5.74) is 3.28. The molecule has 1 N–H and O–H groups in total. The van der Waals surface area contributed by atoms with E-state index in [1.54, 1.807) is 15.4 Å². The van der Waals surface area contributed by atoms with Crippen LogP contribution in [0, 0.1) is 0 Å². The van der Waals surface area contributed by atoms with E-state index in [1.165, 1.54) is 17.3 Å². The monoisotopic (exact) mass is 459 g/mol. The molecular weight excluding hydrogens is 434 g/mol. The smallest absolute Gasteiger partial charge is 0.265 e. The topological polar surface area (TPSA) is 81.8 Å². The first-order valence-electron chi connectivity index (χ1n) is 11.2. The predicted octanol–water partition coefficient (Wildman–Crippen LogP) is 4.60. The largest absolute Gasteiger partial charge is 0.326 e. The zero-order chi connectivity index (χ0) is 22.8. The molecule has 0 saturated heterocycles. The van der Waals surface area contributed by atoms with E-state index >= 15 is 0 Å². The number of anilines is 1. The van der Waals surface area contributed by atoms with Crippen LogP contribution < -0.4 is 10.9 Å². The number of carbonyl (C=O) groups is 1. The van der Waals surface area contributed by atoms with E-state index in [2.05, 4.69) is 29.5 Å². The van der Waals surface area contributed by atoms with Gasteiger partial charge < -0.3 is 5.32 Å². The van der Waals surface area contributed by atoms with Gasteiger partial charge in [-0.25, -0.2) is 9.67 Å². The van der Waals surface area contributed by atoms with E-state index in [1.807, 2.05) is 42.5 Å². The summed E-state index contributed by atoms with van der Waals surface area (Å²) in [5.74, 6) is 0.526. The number of aryl methyl sites for hydroxylation is 1. The summed E-state index contributed by atoms with van der Waals surface area (Å²) >= 11 is 1.50. The minimum absolute atomic E-state index is 0.110. The number of aromatic nitrogens is 4. The number of amides is 1. The second-order valence-electron chi connectivity index (χ2n) is 8.22. The fourth-order valence-corrected chi connectivity index (χ4v) is 5.23. The van der Waals surface area contributed by atoms with Crippen LogP contribution in [-0.4, -0.2) is 31.0 Å². The summed E-state index contributed by atoms with van der Waals surface area (Å²) in [6.07, 6.45) is 5.15. The van der Waals surface area contributed by atoms with Gasteiger partial charge in [0.1, 0.15) is 5.39 Å². The number of rotatable bonds is 7. The van der Waals surface area contributed by atoms with Crippen LogP contribution >= 0.6 is 11.8 Å². The second-order valence-corrected chi connectivity index (χ2v) is 9.20. The van der Waals surface area contributed by atoms with Gasteiger partial charge in [-0.05, 0) is 42.7 Å². The first-order valence-corrected chi connectivity index (χ1v) is 12.2. The molecule has 5 rings (SSSR count). The number of hydrogen-bond donors (Lipinski definition) is 1. The van der Waals surface area contributed by atoms with Gasteiger partial charge in [0.15, 0.2) is 10.8 Å². The molecule has 2 aromatic carbocycles. The molecule has 0 bridgehead atoms. The Kier molecular flexibility index (Phi) is 6.00. The van der Waals surface area contributed by atoms with Crippen LogP contribution in [0.2, 0.25) is 0 Å². The van der Waals surface area contributed by atoms with Crippen molar-refractivity contribution in [2.45, 2.75) is 43.8 Å². The van der Waals surface area contributed by atoms with Gasteiger partial charge in [0.2, 0.25) is 5.91 Å². The van der Waals surface area contributed by atoms with Crippen molar-refractivity contribution in [2.75, 3.05) is 11.1 Å². The molecule has 1 amide bonds. The zero-order valence-corrected chi connectivity index (χ0v) is 19.2. The molecule has 1 unspecified atom stereocenters. The van der Waals surface area contributed by atoms with Crippen LogP contribution in [0.3, 0.4) is 0 Å². The molecule has 4 aromatic rings. The van der Waals surface area contributed by atoms with Crippen molar-refractivity contribution >= 4 is 34.4 Å². The molecule has 0 radical (unpaired) electrons. The first-order chi connectivity index (χ1) is 16.1. The maximum Gasteiger partial charge on any atom is 0.265 e. The maximum atomic E-state index is 13.3. The van der Waals surface area contributed by atoms with Crippen molar-refractivity contribution in [3.63, 3.8) is 0 Å². The van der Waals surface area contributed by atoms with Crippen molar-refractivity contribution in [1.29, 1.82) is 0 Å². The summed E-state index contributed by atoms with van der Waals surface area (Å²) < 4.78 is 3.33. The quantitative estimate of drug-likeness (QED) is 0.409. The number of benzene rings is 2. The number of hydrogen-bond acceptors (Lipinski definition) is 5. The first kappa shape index (κ1) is 21.5. The average Bonchev–Trinajstić information content (AvgIpc) is 3.44. The van der Waals surface area contributed by atoms with Gasteiger partial charge in [0, 0.05) is 17.9 Å². The van der Waals surface area contributed by atoms with Crippen molar-refractivity contribution < 1.29 is 4.79 Å². The summed E-state index contributed by atoms with van der Waals surface area (Å²) in [6, 6.07) is 17.4. The normalized spacial score (nSPS) is 15.0. The Morgan fingerprint density at radius 1 is 1.15 bits per heavy atom. The Balaban J connectivity index is 1.34. The molecule has 0 spiro atoms. The van der Waals surface area contributed by atoms with Gasteiger partial charge in [0.05, 0.1) is 17.9 Å². The number of carbonyl (C=O) groups excluding carboxylic acids is 1. The summed E-state index contributed by atoms with van der Waals surface area (Å²) in [4.78, 5) is 30.7. The average molecular weight is 460 g/mol. The molecule has 0 aliphatic carbocycles. The van der Waals surface area contributed by atoms with Crippen LogP contribution in [-0.2, 0) is 11.2 Å². The minimum Gasteiger partial charge on any atom is -0.326 e. The van der Waals surface area contributed by atoms with Gasteiger partial charge >= 0.3 is 0 Å². The third kappa shape index (κ3) is 4.30. The molecule has 1 atom stereocenters. The highest BCUT2D eigenvalue weighted by atomic mass is 32.2. The number of nitrogens with one attached hydrogen (secondary N) is 1. The number of para-hydroxylation sites is 1. The Morgan fingerprint density at radius 2 is 1.94 bits per heavy atom. The van der Waals surface area contributed by atoms with Crippen molar-refractivity contribution in [2.24, 2.45) is 0 Å². The summed E-state index contributed by atoms with van der Waals surface area (Å²) in [5, 5.41) is 8.44. The molecular formula is C25H25N5O2S. The third-order valence-electron chi connectivity index (χ3n) is 5.85. The lowest BCUT2D eigenvalue weighted by Crippen LogP contribution is -2.27. The van der Waals surface area contributed by atoms with Crippen LogP contribution in [0.5, 0.6) is 0 Å². The highest BCUT2D eigenvalue weighted by Crippen LogP contribution is 2.33. The van der Waals surface area contributed by atoms with E-state index < -0.39 is 0 Å². The van der Waals surface area contributed by atoms with Crippen LogP contribution in [0.4, 0.5) is 5.69 Å². The lowest BCUT2D eigenvalue weighted by molar-refractivity contribution is -0.116. The molecule has 8 heteroatoms. The van der Waals surface area contributed by atoms with Gasteiger partial charge in [-0.15, -0.1) is 0 Å². The molecule has 7 nitrogen and oxygen atoms in total. The summed E-state index contributed by atoms with van der Waals surface area (Å²) in [6.45, 7) is 2.18. The van der Waals surface area contributed by atoms with Gasteiger partial charge in [-0.1, -0.05) is 55.4 Å². The SMILES string of the molecule is CCCCc1ccc(NC(=O)CC2CSc3nc4c(cnn4-c4ccccc4)c(=O)n32)cc1. The molecule has 33 heavy (non-hydrogen) atoms. The van der Waals surface area contributed by atoms with Crippen molar-refractivity contribution in [3.8, 4) is 5.69 Å². The van der Waals surface area contributed by atoms with Gasteiger partial charge in [-0.2, -0.15) is 5.10 Å². The number of thioether (sulfide) groups is 1. The lowest BCUT2D eigenvalue weighted by Gasteiger charge is -2.14. The molecule has 0 saturated carbocycles. The van der Waals surface area contributed by atoms with E-state index in [-0.39, 0.29) is 23.9 Å². The highest BCUT2D eigenvalue weighted by molar-refractivity contribution is 7.99. The van der Waals surface area contributed by atoms with Gasteiger partial charge in [-0.3, -0.25) is 14.2 Å². The summed E-state index contributed by atoms with van der Waals surface area (Å²) in [7, 11) is 0. The number of nitrogens with zero attached hydrogens (tertiary/aromatic N) is 4. The fourth-order valence-electron chi connectivity index (χ4n) is 4.10. The lowest BCUT2D eigenvalue weighted by atomic mass is 10.1. The number of fused-ring (bicyclic) bond motifs is 2. The van der Waals surface area contributed by atoms with Crippen LogP contribution in [0.15, 0.2) is 70.7 Å². The molecule has 1 aliphatic rings. The van der Waals surface area contributed by atoms with E-state index in [0.29, 0.717) is 21.9 Å². The zero-order valence-electron chi connectivity index (χ0n) is 18.4. The maximum absolute atomic E-state index is 13.3. The second kappa shape index (κ2) is 9.23. The molecule has 1 aliphatic heterocycles. The van der Waals surface area contributed by atoms with Gasteiger partial charge in [0.25, 0.3) is 5.56 Å².